The second-order valence-corrected chi connectivity index (χ2v) is 7.59. The number of amides is 1. The van der Waals surface area contributed by atoms with Gasteiger partial charge in [-0.05, 0) is 24.3 Å². The van der Waals surface area contributed by atoms with Crippen LogP contribution in [-0.2, 0) is 14.8 Å². The molecule has 25 heavy (non-hydrogen) atoms. The minimum atomic E-state index is -5.61. The minimum Gasteiger partial charge on any atom is -0.322 e. The van der Waals surface area contributed by atoms with E-state index in [1.807, 2.05) is 0 Å². The fourth-order valence-electron chi connectivity index (χ4n) is 1.50. The zero-order valence-electron chi connectivity index (χ0n) is 11.8. The third-order valence-electron chi connectivity index (χ3n) is 2.72. The summed E-state index contributed by atoms with van der Waals surface area (Å²) in [4.78, 5) is 14.8. The van der Waals surface area contributed by atoms with Crippen LogP contribution in [0.4, 0.5) is 28.4 Å². The molecule has 0 saturated carbocycles. The van der Waals surface area contributed by atoms with Gasteiger partial charge in [-0.3, -0.25) is 9.52 Å². The van der Waals surface area contributed by atoms with E-state index in [4.69, 9.17) is 0 Å². The molecule has 0 unspecified atom stereocenters. The predicted octanol–water partition coefficient (Wildman–Crippen LogP) is 3.35. The van der Waals surface area contributed by atoms with Gasteiger partial charge in [0.2, 0.25) is 0 Å². The van der Waals surface area contributed by atoms with Gasteiger partial charge < -0.3 is 5.32 Å². The SMILES string of the molecule is O=C(Nc1ccc(S(=O)(=O)Nc2nccs2)cc1)[C@@](F)(Cl)C(F)(F)F. The fourth-order valence-corrected chi connectivity index (χ4v) is 3.34. The summed E-state index contributed by atoms with van der Waals surface area (Å²) < 4.78 is 76.6. The molecule has 1 atom stereocenters. The summed E-state index contributed by atoms with van der Waals surface area (Å²) in [6, 6.07) is 3.98. The van der Waals surface area contributed by atoms with Gasteiger partial charge in [0, 0.05) is 17.3 Å². The predicted molar refractivity (Wildman–Crippen MR) is 83.7 cm³/mol. The Balaban J connectivity index is 2.14. The Morgan fingerprint density at radius 1 is 1.16 bits per heavy atom. The molecule has 0 bridgehead atoms. The van der Waals surface area contributed by atoms with Crippen LogP contribution in [0.15, 0.2) is 40.7 Å². The number of hydrogen-bond acceptors (Lipinski definition) is 5. The fraction of sp³-hybridized carbons (Fsp3) is 0.167. The normalized spacial score (nSPS) is 14.6. The van der Waals surface area contributed by atoms with Crippen molar-refractivity contribution in [3.63, 3.8) is 0 Å². The Bertz CT molecular complexity index is 853. The lowest BCUT2D eigenvalue weighted by Crippen LogP contribution is -2.46. The Hall–Kier alpha value is -1.92. The van der Waals surface area contributed by atoms with Gasteiger partial charge in [0.25, 0.3) is 15.9 Å². The second-order valence-electron chi connectivity index (χ2n) is 4.49. The molecule has 2 rings (SSSR count). The molecule has 0 aliphatic carbocycles. The molecule has 0 saturated heterocycles. The van der Waals surface area contributed by atoms with Crippen LogP contribution in [0.5, 0.6) is 0 Å². The maximum atomic E-state index is 13.3. The van der Waals surface area contributed by atoms with Crippen molar-refractivity contribution in [2.24, 2.45) is 0 Å². The lowest BCUT2D eigenvalue weighted by molar-refractivity contribution is -0.197. The van der Waals surface area contributed by atoms with Crippen molar-refractivity contribution >= 4 is 49.7 Å². The Morgan fingerprint density at radius 2 is 1.76 bits per heavy atom. The lowest BCUT2D eigenvalue weighted by atomic mass is 10.3. The van der Waals surface area contributed by atoms with Crippen LogP contribution in [0.3, 0.4) is 0 Å². The van der Waals surface area contributed by atoms with Crippen LogP contribution in [-0.4, -0.2) is 30.6 Å². The number of thiazole rings is 1. The van der Waals surface area contributed by atoms with E-state index in [-0.39, 0.29) is 15.7 Å². The van der Waals surface area contributed by atoms with Crippen molar-refractivity contribution < 1.29 is 30.8 Å². The van der Waals surface area contributed by atoms with Crippen LogP contribution in [0, 0.1) is 0 Å². The number of benzene rings is 1. The van der Waals surface area contributed by atoms with Gasteiger partial charge in [-0.2, -0.15) is 13.2 Å². The Morgan fingerprint density at radius 3 is 2.24 bits per heavy atom. The van der Waals surface area contributed by atoms with Crippen LogP contribution >= 0.6 is 22.9 Å². The van der Waals surface area contributed by atoms with Crippen molar-refractivity contribution in [3.05, 3.63) is 35.8 Å². The highest BCUT2D eigenvalue weighted by Crippen LogP contribution is 2.38. The maximum Gasteiger partial charge on any atom is 0.446 e. The largest absolute Gasteiger partial charge is 0.446 e. The average molecular weight is 418 g/mol. The third kappa shape index (κ3) is 4.38. The first-order chi connectivity index (χ1) is 11.4. The van der Waals surface area contributed by atoms with Gasteiger partial charge in [0.05, 0.1) is 4.90 Å². The number of carbonyl (C=O) groups excluding carboxylic acids is 1. The summed E-state index contributed by atoms with van der Waals surface area (Å²) in [6.45, 7) is 0. The number of carbonyl (C=O) groups is 1. The van der Waals surface area contributed by atoms with Crippen LogP contribution in [0.25, 0.3) is 0 Å². The number of nitrogens with one attached hydrogen (secondary N) is 2. The van der Waals surface area contributed by atoms with Crippen molar-refractivity contribution in [1.29, 1.82) is 0 Å². The number of aromatic nitrogens is 1. The summed E-state index contributed by atoms with van der Waals surface area (Å²) in [5, 5.41) is -1.32. The lowest BCUT2D eigenvalue weighted by Gasteiger charge is -2.20. The molecule has 13 heteroatoms. The molecule has 0 spiro atoms. The van der Waals surface area contributed by atoms with Gasteiger partial charge >= 0.3 is 11.3 Å². The molecule has 2 aromatic rings. The molecule has 1 heterocycles. The van der Waals surface area contributed by atoms with Gasteiger partial charge in [0.1, 0.15) is 0 Å². The summed E-state index contributed by atoms with van der Waals surface area (Å²) in [5.74, 6) is -2.14. The molecular weight excluding hydrogens is 410 g/mol. The smallest absolute Gasteiger partial charge is 0.322 e. The average Bonchev–Trinajstić information content (AvgIpc) is 2.98. The van der Waals surface area contributed by atoms with Crippen molar-refractivity contribution in [2.45, 2.75) is 16.2 Å². The molecule has 0 aliphatic rings. The summed E-state index contributed by atoms with van der Waals surface area (Å²) in [5.41, 5.74) is -0.273. The zero-order valence-corrected chi connectivity index (χ0v) is 14.2. The highest BCUT2D eigenvalue weighted by atomic mass is 35.5. The first-order valence-electron chi connectivity index (χ1n) is 6.22. The molecule has 0 radical (unpaired) electrons. The standard InChI is InChI=1S/C12H8ClF4N3O3S2/c13-11(14,12(15,16)17)9(21)19-7-1-3-8(4-2-7)25(22,23)20-10-18-5-6-24-10/h1-6H,(H,18,20)(H,19,21)/t11-/m0/s1. The molecule has 6 nitrogen and oxygen atoms in total. The minimum absolute atomic E-state index is 0.118. The van der Waals surface area contributed by atoms with Gasteiger partial charge in [-0.25, -0.2) is 17.8 Å². The third-order valence-corrected chi connectivity index (χ3v) is 5.28. The first-order valence-corrected chi connectivity index (χ1v) is 8.96. The van der Waals surface area contributed by atoms with E-state index in [2.05, 4.69) is 21.3 Å². The van der Waals surface area contributed by atoms with Gasteiger partial charge in [0.15, 0.2) is 5.13 Å². The summed E-state index contributed by atoms with van der Waals surface area (Å²) >= 11 is 5.62. The number of rotatable bonds is 5. The van der Waals surface area contributed by atoms with E-state index < -0.39 is 27.2 Å². The summed E-state index contributed by atoms with van der Waals surface area (Å²) in [6.07, 6.45) is -4.23. The van der Waals surface area contributed by atoms with E-state index in [9.17, 15) is 30.8 Å². The number of hydrogen-bond donors (Lipinski definition) is 2. The topological polar surface area (TPSA) is 88.2 Å². The number of alkyl halides is 5. The molecule has 136 valence electrons. The second kappa shape index (κ2) is 6.77. The summed E-state index contributed by atoms with van der Waals surface area (Å²) in [7, 11) is -3.98. The van der Waals surface area contributed by atoms with Crippen LogP contribution < -0.4 is 10.0 Å². The van der Waals surface area contributed by atoms with Gasteiger partial charge in [-0.15, -0.1) is 11.3 Å². The number of nitrogens with zero attached hydrogens (tertiary/aromatic N) is 1. The quantitative estimate of drug-likeness (QED) is 0.577. The highest BCUT2D eigenvalue weighted by molar-refractivity contribution is 7.93. The first kappa shape index (κ1) is 19.4. The van der Waals surface area contributed by atoms with E-state index in [0.29, 0.717) is 0 Å². The van der Waals surface area contributed by atoms with Crippen LogP contribution in [0.1, 0.15) is 0 Å². The number of halogens is 5. The Labute approximate surface area is 147 Å². The molecule has 0 fully saturated rings. The van der Waals surface area contributed by atoms with E-state index in [1.54, 1.807) is 10.7 Å². The van der Waals surface area contributed by atoms with E-state index in [1.165, 1.54) is 6.20 Å². The molecule has 0 aliphatic heterocycles. The van der Waals surface area contributed by atoms with Gasteiger partial charge in [-0.1, -0.05) is 11.6 Å². The number of anilines is 2. The van der Waals surface area contributed by atoms with Crippen molar-refractivity contribution in [1.82, 2.24) is 4.98 Å². The maximum absolute atomic E-state index is 13.3. The van der Waals surface area contributed by atoms with Crippen molar-refractivity contribution in [3.8, 4) is 0 Å². The monoisotopic (exact) mass is 417 g/mol. The molecule has 1 aromatic heterocycles. The molecule has 2 N–H and O–H groups in total. The number of sulfonamides is 1. The highest BCUT2D eigenvalue weighted by Gasteiger charge is 2.61. The molecular formula is C12H8ClF4N3O3S2. The van der Waals surface area contributed by atoms with Crippen LogP contribution in [0.2, 0.25) is 0 Å². The van der Waals surface area contributed by atoms with Crippen molar-refractivity contribution in [2.75, 3.05) is 10.0 Å². The van der Waals surface area contributed by atoms with E-state index >= 15 is 0 Å². The molecule has 1 amide bonds. The molecule has 1 aromatic carbocycles. The van der Waals surface area contributed by atoms with E-state index in [0.717, 1.165) is 35.6 Å². The zero-order chi connectivity index (χ0) is 18.9. The Kier molecular flexibility index (Phi) is 5.25.